The van der Waals surface area contributed by atoms with Crippen LogP contribution in [0, 0.1) is 13.8 Å². The fourth-order valence-electron chi connectivity index (χ4n) is 4.51. The fraction of sp³-hybridized carbons (Fsp3) is 0.346. The van der Waals surface area contributed by atoms with Crippen LogP contribution in [0.4, 0.5) is 0 Å². The van der Waals surface area contributed by atoms with Crippen molar-refractivity contribution in [1.82, 2.24) is 20.0 Å². The number of amides is 1. The lowest BCUT2D eigenvalue weighted by Crippen LogP contribution is -2.47. The van der Waals surface area contributed by atoms with Crippen LogP contribution in [-0.2, 0) is 11.3 Å². The molecular weight excluding hydrogens is 400 g/mol. The van der Waals surface area contributed by atoms with Crippen molar-refractivity contribution in [3.05, 3.63) is 83.2 Å². The highest BCUT2D eigenvalue weighted by Crippen LogP contribution is 2.20. The molecule has 1 atom stereocenters. The number of hydrogen-bond donors (Lipinski definition) is 1. The third-order valence-electron chi connectivity index (χ3n) is 6.20. The van der Waals surface area contributed by atoms with Gasteiger partial charge in [-0.25, -0.2) is 4.68 Å². The van der Waals surface area contributed by atoms with Gasteiger partial charge < -0.3 is 5.32 Å². The molecule has 1 aliphatic heterocycles. The SMILES string of the molecule is Cc1nn(-c2ccccc2)c(C)c1C(=O)C(=O)NCC1CCCCN1Cc1ccccc1. The summed E-state index contributed by atoms with van der Waals surface area (Å²) in [6.45, 7) is 5.94. The molecule has 0 spiro atoms. The van der Waals surface area contributed by atoms with E-state index in [9.17, 15) is 9.59 Å². The molecule has 1 aliphatic rings. The highest BCUT2D eigenvalue weighted by atomic mass is 16.2. The van der Waals surface area contributed by atoms with Crippen molar-refractivity contribution in [2.75, 3.05) is 13.1 Å². The summed E-state index contributed by atoms with van der Waals surface area (Å²) in [4.78, 5) is 28.2. The topological polar surface area (TPSA) is 67.2 Å². The second-order valence-corrected chi connectivity index (χ2v) is 8.44. The summed E-state index contributed by atoms with van der Waals surface area (Å²) in [5.41, 5.74) is 3.76. The Kier molecular flexibility index (Phi) is 6.81. The molecule has 4 rings (SSSR count). The summed E-state index contributed by atoms with van der Waals surface area (Å²) < 4.78 is 1.72. The smallest absolute Gasteiger partial charge is 0.292 e. The molecule has 0 bridgehead atoms. The zero-order valence-electron chi connectivity index (χ0n) is 18.8. The number of Topliss-reactive ketones (excluding diaryl/α,β-unsaturated/α-hetero) is 1. The van der Waals surface area contributed by atoms with Crippen LogP contribution < -0.4 is 5.32 Å². The quantitative estimate of drug-likeness (QED) is 0.457. The monoisotopic (exact) mass is 430 g/mol. The molecule has 2 heterocycles. The normalized spacial score (nSPS) is 16.6. The molecule has 1 N–H and O–H groups in total. The van der Waals surface area contributed by atoms with E-state index in [0.29, 0.717) is 23.5 Å². The Bertz CT molecular complexity index is 1080. The highest BCUT2D eigenvalue weighted by Gasteiger charge is 2.27. The largest absolute Gasteiger partial charge is 0.348 e. The summed E-state index contributed by atoms with van der Waals surface area (Å²) in [5, 5.41) is 7.40. The standard InChI is InChI=1S/C26H30N4O2/c1-19-24(20(2)30(28-19)22-13-7-4-8-14-22)25(31)26(32)27-17-23-15-9-10-16-29(23)18-21-11-5-3-6-12-21/h3-8,11-14,23H,9-10,15-18H2,1-2H3,(H,27,32). The van der Waals surface area contributed by atoms with Gasteiger partial charge in [-0.3, -0.25) is 14.5 Å². The van der Waals surface area contributed by atoms with Gasteiger partial charge in [0.25, 0.3) is 11.7 Å². The lowest BCUT2D eigenvalue weighted by Gasteiger charge is -2.35. The highest BCUT2D eigenvalue weighted by molar-refractivity contribution is 6.43. The number of ketones is 1. The van der Waals surface area contributed by atoms with Crippen molar-refractivity contribution < 1.29 is 9.59 Å². The van der Waals surface area contributed by atoms with Crippen molar-refractivity contribution >= 4 is 11.7 Å². The molecule has 3 aromatic rings. The maximum Gasteiger partial charge on any atom is 0.292 e. The lowest BCUT2D eigenvalue weighted by atomic mass is 10.0. The Morgan fingerprint density at radius 1 is 1.00 bits per heavy atom. The average molecular weight is 431 g/mol. The van der Waals surface area contributed by atoms with E-state index in [2.05, 4.69) is 39.6 Å². The number of nitrogens with one attached hydrogen (secondary N) is 1. The van der Waals surface area contributed by atoms with Gasteiger partial charge in [0.15, 0.2) is 0 Å². The van der Waals surface area contributed by atoms with E-state index >= 15 is 0 Å². The number of para-hydroxylation sites is 1. The number of hydrogen-bond acceptors (Lipinski definition) is 4. The minimum Gasteiger partial charge on any atom is -0.348 e. The summed E-state index contributed by atoms with van der Waals surface area (Å²) in [5.74, 6) is -1.08. The van der Waals surface area contributed by atoms with Gasteiger partial charge in [-0.2, -0.15) is 5.10 Å². The second kappa shape index (κ2) is 9.92. The first-order chi connectivity index (χ1) is 15.5. The number of benzene rings is 2. The molecule has 1 amide bonds. The van der Waals surface area contributed by atoms with Gasteiger partial charge in [0.05, 0.1) is 22.6 Å². The van der Waals surface area contributed by atoms with Gasteiger partial charge in [-0.15, -0.1) is 0 Å². The van der Waals surface area contributed by atoms with Crippen LogP contribution in [0.25, 0.3) is 5.69 Å². The van der Waals surface area contributed by atoms with Gasteiger partial charge in [0.1, 0.15) is 0 Å². The van der Waals surface area contributed by atoms with E-state index in [-0.39, 0.29) is 6.04 Å². The zero-order valence-corrected chi connectivity index (χ0v) is 18.8. The van der Waals surface area contributed by atoms with Crippen LogP contribution in [0.1, 0.15) is 46.6 Å². The summed E-state index contributed by atoms with van der Waals surface area (Å²) in [6, 6.07) is 20.2. The van der Waals surface area contributed by atoms with Crippen LogP contribution in [0.5, 0.6) is 0 Å². The molecule has 1 aromatic heterocycles. The zero-order chi connectivity index (χ0) is 22.5. The number of aryl methyl sites for hydroxylation is 1. The molecule has 6 heteroatoms. The Hall–Kier alpha value is -3.25. The Balaban J connectivity index is 1.42. The van der Waals surface area contributed by atoms with Crippen molar-refractivity contribution in [3.63, 3.8) is 0 Å². The molecular formula is C26H30N4O2. The molecule has 1 saturated heterocycles. The molecule has 0 radical (unpaired) electrons. The van der Waals surface area contributed by atoms with Gasteiger partial charge in [-0.1, -0.05) is 55.0 Å². The summed E-state index contributed by atoms with van der Waals surface area (Å²) in [7, 11) is 0. The number of aromatic nitrogens is 2. The maximum absolute atomic E-state index is 13.0. The molecule has 166 valence electrons. The van der Waals surface area contributed by atoms with Gasteiger partial charge >= 0.3 is 0 Å². The minimum atomic E-state index is -0.561. The summed E-state index contributed by atoms with van der Waals surface area (Å²) >= 11 is 0. The molecule has 6 nitrogen and oxygen atoms in total. The number of nitrogens with zero attached hydrogens (tertiary/aromatic N) is 3. The summed E-state index contributed by atoms with van der Waals surface area (Å²) in [6.07, 6.45) is 3.32. The maximum atomic E-state index is 13.0. The van der Waals surface area contributed by atoms with E-state index < -0.39 is 11.7 Å². The minimum absolute atomic E-state index is 0.231. The average Bonchev–Trinajstić information content (AvgIpc) is 3.12. The second-order valence-electron chi connectivity index (χ2n) is 8.44. The van der Waals surface area contributed by atoms with Crippen LogP contribution in [0.15, 0.2) is 60.7 Å². The van der Waals surface area contributed by atoms with Crippen molar-refractivity contribution in [2.24, 2.45) is 0 Å². The van der Waals surface area contributed by atoms with Crippen LogP contribution >= 0.6 is 0 Å². The van der Waals surface area contributed by atoms with Crippen molar-refractivity contribution in [1.29, 1.82) is 0 Å². The van der Waals surface area contributed by atoms with Gasteiger partial charge in [-0.05, 0) is 50.9 Å². The fourth-order valence-corrected chi connectivity index (χ4v) is 4.51. The van der Waals surface area contributed by atoms with E-state index in [4.69, 9.17) is 0 Å². The van der Waals surface area contributed by atoms with E-state index in [1.807, 2.05) is 43.3 Å². The predicted molar refractivity (Wildman–Crippen MR) is 125 cm³/mol. The van der Waals surface area contributed by atoms with Crippen LogP contribution in [0.2, 0.25) is 0 Å². The van der Waals surface area contributed by atoms with E-state index in [0.717, 1.165) is 38.0 Å². The van der Waals surface area contributed by atoms with Gasteiger partial charge in [0, 0.05) is 19.1 Å². The molecule has 1 fully saturated rings. The van der Waals surface area contributed by atoms with Crippen LogP contribution in [0.3, 0.4) is 0 Å². The number of rotatable bonds is 7. The molecule has 32 heavy (non-hydrogen) atoms. The first-order valence-electron chi connectivity index (χ1n) is 11.3. The Morgan fingerprint density at radius 2 is 1.69 bits per heavy atom. The third kappa shape index (κ3) is 4.81. The van der Waals surface area contributed by atoms with E-state index in [1.165, 1.54) is 5.56 Å². The Morgan fingerprint density at radius 3 is 2.41 bits per heavy atom. The first-order valence-corrected chi connectivity index (χ1v) is 11.3. The Labute approximate surface area is 189 Å². The number of carbonyl (C=O) groups is 2. The number of piperidine rings is 1. The molecule has 0 aliphatic carbocycles. The number of carbonyl (C=O) groups excluding carboxylic acids is 2. The predicted octanol–water partition coefficient (Wildman–Crippen LogP) is 3.84. The first kappa shape index (κ1) is 22.0. The third-order valence-corrected chi connectivity index (χ3v) is 6.20. The molecule has 1 unspecified atom stereocenters. The lowest BCUT2D eigenvalue weighted by molar-refractivity contribution is -0.117. The van der Waals surface area contributed by atoms with Crippen molar-refractivity contribution in [3.8, 4) is 5.69 Å². The molecule has 0 saturated carbocycles. The van der Waals surface area contributed by atoms with Crippen molar-refractivity contribution in [2.45, 2.75) is 45.7 Å². The number of likely N-dealkylation sites (tertiary alicyclic amines) is 1. The van der Waals surface area contributed by atoms with Crippen LogP contribution in [-0.4, -0.2) is 45.5 Å². The van der Waals surface area contributed by atoms with Gasteiger partial charge in [0.2, 0.25) is 0 Å². The van der Waals surface area contributed by atoms with E-state index in [1.54, 1.807) is 11.6 Å². The molecule has 2 aromatic carbocycles.